The molecule has 0 radical (unpaired) electrons. The van der Waals surface area contributed by atoms with Crippen LogP contribution in [0.4, 0.5) is 0 Å². The lowest BCUT2D eigenvalue weighted by molar-refractivity contribution is -0.168. The van der Waals surface area contributed by atoms with E-state index >= 15 is 0 Å². The predicted molar refractivity (Wildman–Crippen MR) is 67.7 cm³/mol. The fourth-order valence-electron chi connectivity index (χ4n) is 3.17. The highest BCUT2D eigenvalue weighted by Gasteiger charge is 2.54. The average Bonchev–Trinajstić information content (AvgIpc) is 2.71. The van der Waals surface area contributed by atoms with Gasteiger partial charge in [0.1, 0.15) is 19.5 Å². The lowest BCUT2D eigenvalue weighted by atomic mass is 9.78. The third kappa shape index (κ3) is 2.48. The lowest BCUT2D eigenvalue weighted by Crippen LogP contribution is -2.49. The number of hydrogen-bond donors (Lipinski definition) is 0. The molecule has 4 atom stereocenters. The second-order valence-electron chi connectivity index (χ2n) is 5.84. The summed E-state index contributed by atoms with van der Waals surface area (Å²) >= 11 is 0. The Morgan fingerprint density at radius 1 is 1.35 bits per heavy atom. The quantitative estimate of drug-likeness (QED) is 0.569. The third-order valence-electron chi connectivity index (χ3n) is 3.95. The summed E-state index contributed by atoms with van der Waals surface area (Å²) in [5, 5.41) is 0. The molecule has 0 amide bonds. The zero-order valence-corrected chi connectivity index (χ0v) is 12.0. The average molecular weight is 284 g/mol. The summed E-state index contributed by atoms with van der Waals surface area (Å²) in [5.74, 6) is -0.888. The molecule has 0 aromatic heterocycles. The highest BCUT2D eigenvalue weighted by atomic mass is 16.8. The van der Waals surface area contributed by atoms with Crippen LogP contribution in [0.5, 0.6) is 0 Å². The van der Waals surface area contributed by atoms with Crippen molar-refractivity contribution in [3.63, 3.8) is 0 Å². The van der Waals surface area contributed by atoms with E-state index in [1.54, 1.807) is 13.2 Å². The number of hydrogen-bond acceptors (Lipinski definition) is 6. The first-order valence-electron chi connectivity index (χ1n) is 6.83. The topological polar surface area (TPSA) is 63.2 Å². The number of cyclic esters (lactones) is 1. The fraction of sp³-hybridized carbons (Fsp3) is 0.786. The zero-order chi connectivity index (χ0) is 14.3. The molecule has 112 valence electrons. The standard InChI is InChI=1S/C14H20O6/c1-14(2)19-12-9-6-17-11(15)5-8(9)4-10(13(12)20-14)18-7-16-3/h5,9-10,12-13H,4,6-7H2,1-3H3. The van der Waals surface area contributed by atoms with Crippen molar-refractivity contribution in [1.82, 2.24) is 0 Å². The largest absolute Gasteiger partial charge is 0.462 e. The van der Waals surface area contributed by atoms with E-state index in [2.05, 4.69) is 0 Å². The van der Waals surface area contributed by atoms with Crippen molar-refractivity contribution in [3.8, 4) is 0 Å². The summed E-state index contributed by atoms with van der Waals surface area (Å²) in [6.45, 7) is 4.32. The summed E-state index contributed by atoms with van der Waals surface area (Å²) < 4.78 is 27.8. The van der Waals surface area contributed by atoms with Gasteiger partial charge in [-0.25, -0.2) is 4.79 Å². The van der Waals surface area contributed by atoms with Crippen LogP contribution < -0.4 is 0 Å². The highest BCUT2D eigenvalue weighted by Crippen LogP contribution is 2.44. The minimum Gasteiger partial charge on any atom is -0.462 e. The Morgan fingerprint density at radius 3 is 2.85 bits per heavy atom. The Labute approximate surface area is 118 Å². The van der Waals surface area contributed by atoms with Crippen LogP contribution in [0.1, 0.15) is 20.3 Å². The van der Waals surface area contributed by atoms with Crippen LogP contribution in [-0.4, -0.2) is 50.6 Å². The normalized spacial score (nSPS) is 38.8. The molecule has 20 heavy (non-hydrogen) atoms. The number of rotatable bonds is 3. The Balaban J connectivity index is 1.85. The number of fused-ring (bicyclic) bond motifs is 3. The monoisotopic (exact) mass is 284 g/mol. The molecule has 4 unspecified atom stereocenters. The van der Waals surface area contributed by atoms with Crippen LogP contribution in [0.25, 0.3) is 0 Å². The molecule has 2 heterocycles. The third-order valence-corrected chi connectivity index (χ3v) is 3.95. The van der Waals surface area contributed by atoms with E-state index in [1.165, 1.54) is 0 Å². The van der Waals surface area contributed by atoms with E-state index in [9.17, 15) is 4.79 Å². The SMILES string of the molecule is COCOC1CC2=CC(=O)OCC2C2OC(C)(C)OC12. The van der Waals surface area contributed by atoms with Crippen molar-refractivity contribution in [2.75, 3.05) is 20.5 Å². The molecule has 6 nitrogen and oxygen atoms in total. The van der Waals surface area contributed by atoms with Gasteiger partial charge in [-0.05, 0) is 20.3 Å². The maximum atomic E-state index is 11.4. The van der Waals surface area contributed by atoms with Crippen LogP contribution in [0.3, 0.4) is 0 Å². The van der Waals surface area contributed by atoms with Gasteiger partial charge in [-0.1, -0.05) is 5.57 Å². The van der Waals surface area contributed by atoms with Gasteiger partial charge in [0.15, 0.2) is 5.79 Å². The van der Waals surface area contributed by atoms with Crippen molar-refractivity contribution in [3.05, 3.63) is 11.6 Å². The summed E-state index contributed by atoms with van der Waals surface area (Å²) in [7, 11) is 1.58. The first kappa shape index (κ1) is 14.0. The van der Waals surface area contributed by atoms with Gasteiger partial charge in [-0.3, -0.25) is 0 Å². The van der Waals surface area contributed by atoms with Gasteiger partial charge in [0.25, 0.3) is 0 Å². The van der Waals surface area contributed by atoms with Crippen molar-refractivity contribution in [1.29, 1.82) is 0 Å². The van der Waals surface area contributed by atoms with E-state index in [0.29, 0.717) is 13.0 Å². The number of carbonyl (C=O) groups is 1. The molecule has 3 rings (SSSR count). The van der Waals surface area contributed by atoms with Gasteiger partial charge < -0.3 is 23.7 Å². The number of methoxy groups -OCH3 is 1. The number of ether oxygens (including phenoxy) is 5. The fourth-order valence-corrected chi connectivity index (χ4v) is 3.17. The van der Waals surface area contributed by atoms with Gasteiger partial charge in [-0.2, -0.15) is 0 Å². The van der Waals surface area contributed by atoms with Gasteiger partial charge in [0.05, 0.1) is 12.2 Å². The van der Waals surface area contributed by atoms with Crippen LogP contribution in [-0.2, 0) is 28.5 Å². The number of carbonyl (C=O) groups excluding carboxylic acids is 1. The van der Waals surface area contributed by atoms with Crippen LogP contribution in [0.2, 0.25) is 0 Å². The first-order valence-corrected chi connectivity index (χ1v) is 6.83. The molecule has 2 aliphatic heterocycles. The van der Waals surface area contributed by atoms with Gasteiger partial charge in [0, 0.05) is 19.1 Å². The molecule has 1 saturated carbocycles. The van der Waals surface area contributed by atoms with E-state index in [-0.39, 0.29) is 37.0 Å². The highest BCUT2D eigenvalue weighted by molar-refractivity contribution is 5.84. The minimum atomic E-state index is -0.652. The summed E-state index contributed by atoms with van der Waals surface area (Å²) in [6, 6.07) is 0. The van der Waals surface area contributed by atoms with E-state index < -0.39 is 5.79 Å². The Morgan fingerprint density at radius 2 is 2.10 bits per heavy atom. The number of esters is 1. The molecule has 0 aromatic rings. The predicted octanol–water partition coefficient (Wildman–Crippen LogP) is 0.999. The molecular weight excluding hydrogens is 264 g/mol. The second kappa shape index (κ2) is 5.11. The maximum absolute atomic E-state index is 11.4. The molecule has 1 aliphatic carbocycles. The van der Waals surface area contributed by atoms with E-state index in [4.69, 9.17) is 23.7 Å². The molecule has 2 fully saturated rings. The van der Waals surface area contributed by atoms with Gasteiger partial charge >= 0.3 is 5.97 Å². The molecule has 0 bridgehead atoms. The van der Waals surface area contributed by atoms with Crippen molar-refractivity contribution in [2.24, 2.45) is 5.92 Å². The summed E-state index contributed by atoms with van der Waals surface area (Å²) in [5.41, 5.74) is 1.02. The first-order chi connectivity index (χ1) is 9.50. The smallest absolute Gasteiger partial charge is 0.330 e. The van der Waals surface area contributed by atoms with Crippen molar-refractivity contribution < 1.29 is 28.5 Å². The molecule has 3 aliphatic rings. The molecule has 0 spiro atoms. The molecule has 1 saturated heterocycles. The second-order valence-corrected chi connectivity index (χ2v) is 5.84. The Kier molecular flexibility index (Phi) is 3.58. The Hall–Kier alpha value is -0.950. The minimum absolute atomic E-state index is 0.0573. The lowest BCUT2D eigenvalue weighted by Gasteiger charge is -2.39. The zero-order valence-electron chi connectivity index (χ0n) is 12.0. The van der Waals surface area contributed by atoms with Crippen LogP contribution in [0.15, 0.2) is 11.6 Å². The summed E-state index contributed by atoms with van der Waals surface area (Å²) in [6.07, 6.45) is 1.71. The van der Waals surface area contributed by atoms with Crippen LogP contribution >= 0.6 is 0 Å². The van der Waals surface area contributed by atoms with E-state index in [0.717, 1.165) is 5.57 Å². The van der Waals surface area contributed by atoms with E-state index in [1.807, 2.05) is 13.8 Å². The van der Waals surface area contributed by atoms with Crippen molar-refractivity contribution >= 4 is 5.97 Å². The van der Waals surface area contributed by atoms with Crippen LogP contribution in [0, 0.1) is 5.92 Å². The molecule has 0 N–H and O–H groups in total. The summed E-state index contributed by atoms with van der Waals surface area (Å²) in [4.78, 5) is 11.4. The molecule has 6 heteroatoms. The molecule has 0 aromatic carbocycles. The van der Waals surface area contributed by atoms with Crippen molar-refractivity contribution in [2.45, 2.75) is 44.4 Å². The van der Waals surface area contributed by atoms with Gasteiger partial charge in [0.2, 0.25) is 0 Å². The Bertz CT molecular complexity index is 429. The van der Waals surface area contributed by atoms with Gasteiger partial charge in [-0.15, -0.1) is 0 Å². The molecular formula is C14H20O6. The maximum Gasteiger partial charge on any atom is 0.330 e.